The van der Waals surface area contributed by atoms with Gasteiger partial charge >= 0.3 is 8.41 Å². The van der Waals surface area contributed by atoms with E-state index in [9.17, 15) is 8.78 Å². The highest BCUT2D eigenvalue weighted by atomic mass is 28.4. The quantitative estimate of drug-likeness (QED) is 0.264. The highest BCUT2D eigenvalue weighted by Crippen LogP contribution is 2.32. The number of allylic oxidation sites excluding steroid dienone is 1. The highest BCUT2D eigenvalue weighted by molar-refractivity contribution is 7.06. The summed E-state index contributed by atoms with van der Waals surface area (Å²) < 4.78 is 46.3. The Morgan fingerprint density at radius 2 is 1.23 bits per heavy atom. The molecule has 0 aliphatic rings. The van der Waals surface area contributed by atoms with Gasteiger partial charge < -0.3 is 0 Å². The molecule has 3 rings (SSSR count). The van der Waals surface area contributed by atoms with Gasteiger partial charge in [-0.15, -0.1) is 6.58 Å². The van der Waals surface area contributed by atoms with Gasteiger partial charge in [0.15, 0.2) is 0 Å². The lowest BCUT2D eigenvalue weighted by Gasteiger charge is -2.29. The maximum absolute atomic E-state index is 16.8. The molecule has 0 radical (unpaired) electrons. The molecule has 0 saturated heterocycles. The average Bonchev–Trinajstić information content (AvgIpc) is 2.69. The van der Waals surface area contributed by atoms with E-state index < -0.39 is 20.8 Å². The van der Waals surface area contributed by atoms with Crippen LogP contribution in [-0.2, 0) is 5.92 Å². The van der Waals surface area contributed by atoms with Crippen molar-refractivity contribution in [3.63, 3.8) is 0 Å². The van der Waals surface area contributed by atoms with E-state index in [0.29, 0.717) is 10.4 Å². The molecular formula is C22H19F3Si. The standard InChI is InChI=1S/C22H19F3Si/c1-2-17-22(23,24)20-15-9-10-16-21(20)26(25,18-11-5-3-6-12-18)19-13-7-4-8-14-19/h2-16H,1,17H2. The molecule has 0 heterocycles. The van der Waals surface area contributed by atoms with Gasteiger partial charge in [0.2, 0.25) is 0 Å². The molecule has 4 heteroatoms. The summed E-state index contributed by atoms with van der Waals surface area (Å²) in [5.41, 5.74) is -0.262. The summed E-state index contributed by atoms with van der Waals surface area (Å²) in [6, 6.07) is 23.2. The van der Waals surface area contributed by atoms with Gasteiger partial charge in [-0.1, -0.05) is 91.0 Å². The molecule has 0 saturated carbocycles. The first-order valence-electron chi connectivity index (χ1n) is 8.39. The Kier molecular flexibility index (Phi) is 5.14. The summed E-state index contributed by atoms with van der Waals surface area (Å²) in [4.78, 5) is 0. The number of hydrogen-bond acceptors (Lipinski definition) is 0. The molecule has 3 aromatic carbocycles. The summed E-state index contributed by atoms with van der Waals surface area (Å²) >= 11 is 0. The number of halogens is 3. The molecule has 0 amide bonds. The Hall–Kier alpha value is -2.59. The van der Waals surface area contributed by atoms with Gasteiger partial charge in [-0.2, -0.15) is 0 Å². The van der Waals surface area contributed by atoms with Crippen molar-refractivity contribution in [3.05, 3.63) is 103 Å². The van der Waals surface area contributed by atoms with Crippen LogP contribution in [0.4, 0.5) is 12.9 Å². The van der Waals surface area contributed by atoms with Gasteiger partial charge in [0.25, 0.3) is 5.92 Å². The third kappa shape index (κ3) is 3.25. The molecule has 0 nitrogen and oxygen atoms in total. The molecule has 0 atom stereocenters. The molecule has 0 aliphatic heterocycles. The SMILES string of the molecule is C=CCC(F)(F)c1ccccc1[Si](F)(c1ccccc1)c1ccccc1. The third-order valence-electron chi connectivity index (χ3n) is 4.44. The van der Waals surface area contributed by atoms with Crippen molar-refractivity contribution in [1.82, 2.24) is 0 Å². The fourth-order valence-corrected chi connectivity index (χ4v) is 6.43. The first-order chi connectivity index (χ1) is 12.5. The van der Waals surface area contributed by atoms with E-state index in [-0.39, 0.29) is 10.8 Å². The maximum Gasteiger partial charge on any atom is 0.339 e. The number of alkyl halides is 2. The van der Waals surface area contributed by atoms with E-state index in [1.54, 1.807) is 66.7 Å². The van der Waals surface area contributed by atoms with E-state index in [2.05, 4.69) is 6.58 Å². The van der Waals surface area contributed by atoms with Crippen LogP contribution in [0, 0.1) is 0 Å². The Balaban J connectivity index is 2.31. The second kappa shape index (κ2) is 7.34. The molecule has 0 fully saturated rings. The molecule has 0 unspecified atom stereocenters. The molecule has 0 bridgehead atoms. The molecule has 26 heavy (non-hydrogen) atoms. The van der Waals surface area contributed by atoms with Crippen molar-refractivity contribution in [2.24, 2.45) is 0 Å². The van der Waals surface area contributed by atoms with Crippen LogP contribution in [0.25, 0.3) is 0 Å². The summed E-state index contributed by atoms with van der Waals surface area (Å²) in [5, 5.41) is 0.991. The van der Waals surface area contributed by atoms with Gasteiger partial charge in [0, 0.05) is 12.0 Å². The van der Waals surface area contributed by atoms with Crippen LogP contribution in [0.3, 0.4) is 0 Å². The number of rotatable bonds is 6. The minimum Gasteiger partial charge on any atom is -0.296 e. The summed E-state index contributed by atoms with van der Waals surface area (Å²) in [7, 11) is -4.08. The Bertz CT molecular complexity index is 837. The topological polar surface area (TPSA) is 0 Å². The fourth-order valence-electron chi connectivity index (χ4n) is 3.21. The lowest BCUT2D eigenvalue weighted by Crippen LogP contribution is -2.65. The van der Waals surface area contributed by atoms with Crippen molar-refractivity contribution in [2.75, 3.05) is 0 Å². The third-order valence-corrected chi connectivity index (χ3v) is 7.87. The predicted molar refractivity (Wildman–Crippen MR) is 104 cm³/mol. The van der Waals surface area contributed by atoms with E-state index >= 15 is 4.11 Å². The zero-order valence-electron chi connectivity index (χ0n) is 14.2. The lowest BCUT2D eigenvalue weighted by molar-refractivity contribution is 0.000113. The van der Waals surface area contributed by atoms with E-state index in [0.717, 1.165) is 0 Å². The molecule has 0 N–H and O–H groups in total. The van der Waals surface area contributed by atoms with Gasteiger partial charge in [-0.25, -0.2) is 8.78 Å². The minimum atomic E-state index is -4.08. The normalized spacial score (nSPS) is 12.0. The lowest BCUT2D eigenvalue weighted by atomic mass is 10.1. The first-order valence-corrected chi connectivity index (χ1v) is 10.3. The molecule has 3 aromatic rings. The van der Waals surface area contributed by atoms with Crippen LogP contribution in [0.15, 0.2) is 97.6 Å². The van der Waals surface area contributed by atoms with E-state index in [4.69, 9.17) is 0 Å². The summed E-state index contributed by atoms with van der Waals surface area (Å²) in [6.45, 7) is 3.42. The average molecular weight is 368 g/mol. The zero-order chi connectivity index (χ0) is 18.6. The van der Waals surface area contributed by atoms with Crippen LogP contribution >= 0.6 is 0 Å². The second-order valence-corrected chi connectivity index (χ2v) is 9.14. The van der Waals surface area contributed by atoms with Crippen LogP contribution in [0.2, 0.25) is 0 Å². The number of hydrogen-bond donors (Lipinski definition) is 0. The molecule has 132 valence electrons. The first kappa shape index (κ1) is 18.2. The van der Waals surface area contributed by atoms with Crippen molar-refractivity contribution in [3.8, 4) is 0 Å². The monoisotopic (exact) mass is 368 g/mol. The molecule has 0 aliphatic carbocycles. The molecular weight excluding hydrogens is 349 g/mol. The van der Waals surface area contributed by atoms with E-state index in [1.165, 1.54) is 24.3 Å². The van der Waals surface area contributed by atoms with Crippen molar-refractivity contribution in [2.45, 2.75) is 12.3 Å². The van der Waals surface area contributed by atoms with Crippen molar-refractivity contribution < 1.29 is 12.9 Å². The largest absolute Gasteiger partial charge is 0.339 e. The maximum atomic E-state index is 16.8. The summed E-state index contributed by atoms with van der Waals surface area (Å²) in [6.07, 6.45) is 0.640. The van der Waals surface area contributed by atoms with Gasteiger partial charge in [-0.05, 0) is 15.6 Å². The van der Waals surface area contributed by atoms with Crippen molar-refractivity contribution in [1.29, 1.82) is 0 Å². The highest BCUT2D eigenvalue weighted by Gasteiger charge is 2.46. The molecule has 0 aromatic heterocycles. The van der Waals surface area contributed by atoms with Crippen molar-refractivity contribution >= 4 is 24.0 Å². The Labute approximate surface area is 152 Å². The smallest absolute Gasteiger partial charge is 0.296 e. The van der Waals surface area contributed by atoms with Crippen LogP contribution in [0.1, 0.15) is 12.0 Å². The van der Waals surface area contributed by atoms with Crippen LogP contribution in [-0.4, -0.2) is 8.41 Å². The van der Waals surface area contributed by atoms with Crippen LogP contribution < -0.4 is 15.6 Å². The van der Waals surface area contributed by atoms with E-state index in [1.807, 2.05) is 0 Å². The Morgan fingerprint density at radius 3 is 1.73 bits per heavy atom. The van der Waals surface area contributed by atoms with Gasteiger partial charge in [-0.3, -0.25) is 4.11 Å². The van der Waals surface area contributed by atoms with Gasteiger partial charge in [0.05, 0.1) is 0 Å². The summed E-state index contributed by atoms with van der Waals surface area (Å²) in [5.74, 6) is -3.17. The fraction of sp³-hybridized carbons (Fsp3) is 0.0909. The molecule has 0 spiro atoms. The zero-order valence-corrected chi connectivity index (χ0v) is 15.2. The second-order valence-electron chi connectivity index (χ2n) is 6.13. The van der Waals surface area contributed by atoms with Gasteiger partial charge in [0.1, 0.15) is 0 Å². The minimum absolute atomic E-state index is 0.0873. The Morgan fingerprint density at radius 1 is 0.769 bits per heavy atom. The predicted octanol–water partition coefficient (Wildman–Crippen LogP) is 4.29. The van der Waals surface area contributed by atoms with Crippen LogP contribution in [0.5, 0.6) is 0 Å². The number of benzene rings is 3.